The van der Waals surface area contributed by atoms with Gasteiger partial charge in [-0.1, -0.05) is 32.9 Å². The van der Waals surface area contributed by atoms with Crippen molar-refractivity contribution in [3.05, 3.63) is 40.9 Å². The molecule has 6 nitrogen and oxygen atoms in total. The molecule has 1 aliphatic heterocycles. The molecule has 2 aliphatic rings. The minimum atomic E-state index is -0.576. The lowest BCUT2D eigenvalue weighted by Gasteiger charge is -2.36. The quantitative estimate of drug-likeness (QED) is 0.308. The second kappa shape index (κ2) is 14.9. The number of nitrogens with one attached hydrogen (secondary N) is 1. The molecule has 1 saturated heterocycles. The Morgan fingerprint density at radius 2 is 1.85 bits per heavy atom. The average molecular weight is 558 g/mol. The predicted molar refractivity (Wildman–Crippen MR) is 157 cm³/mol. The van der Waals surface area contributed by atoms with Gasteiger partial charge in [0.15, 0.2) is 11.6 Å². The lowest BCUT2D eigenvalue weighted by Crippen LogP contribution is -2.39. The van der Waals surface area contributed by atoms with Crippen molar-refractivity contribution < 1.29 is 9.13 Å². The van der Waals surface area contributed by atoms with E-state index in [2.05, 4.69) is 40.1 Å². The summed E-state index contributed by atoms with van der Waals surface area (Å²) in [5, 5.41) is 13.3. The first-order valence-electron chi connectivity index (χ1n) is 14.2. The van der Waals surface area contributed by atoms with E-state index in [9.17, 15) is 9.65 Å². The highest BCUT2D eigenvalue weighted by Crippen LogP contribution is 2.34. The zero-order valence-corrected chi connectivity index (χ0v) is 23.6. The number of nitriles is 1. The van der Waals surface area contributed by atoms with Crippen molar-refractivity contribution in [2.45, 2.75) is 85.1 Å². The maximum absolute atomic E-state index is 14.7. The smallest absolute Gasteiger partial charge is 0.165 e. The minimum absolute atomic E-state index is 0. The number of aromatic nitrogens is 2. The van der Waals surface area contributed by atoms with Crippen LogP contribution >= 0.6 is 11.6 Å². The number of rotatable bonds is 11. The van der Waals surface area contributed by atoms with E-state index in [1.165, 1.54) is 57.7 Å². The highest BCUT2D eigenvalue weighted by molar-refractivity contribution is 6.33. The molecule has 2 aromatic rings. The Labute approximate surface area is 239 Å². The van der Waals surface area contributed by atoms with Crippen LogP contribution in [0.25, 0.3) is 11.3 Å². The number of hydrogen-bond donors (Lipinski definition) is 1. The fourth-order valence-electron chi connectivity index (χ4n) is 5.91. The van der Waals surface area contributed by atoms with Crippen LogP contribution in [-0.4, -0.2) is 53.8 Å². The van der Waals surface area contributed by atoms with Crippen LogP contribution in [0.4, 0.5) is 10.2 Å². The Balaban J connectivity index is 0.00000420. The molecule has 4 rings (SSSR count). The van der Waals surface area contributed by atoms with Crippen molar-refractivity contribution in [1.82, 2.24) is 14.9 Å². The first kappa shape index (κ1) is 31.3. The molecule has 0 atom stereocenters. The monoisotopic (exact) mass is 557 g/mol. The van der Waals surface area contributed by atoms with Crippen LogP contribution in [0.1, 0.15) is 78.3 Å². The SMILES string of the molecule is C.CCCN(CCC)C1CCC(Cc2cc(-c3ccc(F)c(NCC4(C#N)CCOCC4)n3)c(Cl)cn2)CC1. The Hall–Kier alpha value is -2.27. The molecule has 0 amide bonds. The van der Waals surface area contributed by atoms with Crippen molar-refractivity contribution in [2.24, 2.45) is 11.3 Å². The summed E-state index contributed by atoms with van der Waals surface area (Å²) >= 11 is 6.54. The number of halogens is 2. The van der Waals surface area contributed by atoms with Gasteiger partial charge in [0.25, 0.3) is 0 Å². The highest BCUT2D eigenvalue weighted by Gasteiger charge is 2.33. The third kappa shape index (κ3) is 8.13. The van der Waals surface area contributed by atoms with E-state index in [1.54, 1.807) is 12.3 Å². The Kier molecular flexibility index (Phi) is 12.0. The zero-order valence-electron chi connectivity index (χ0n) is 22.8. The molecule has 1 saturated carbocycles. The van der Waals surface area contributed by atoms with E-state index in [1.807, 2.05) is 6.07 Å². The summed E-state index contributed by atoms with van der Waals surface area (Å²) in [7, 11) is 0. The molecule has 0 spiro atoms. The minimum Gasteiger partial charge on any atom is -0.381 e. The van der Waals surface area contributed by atoms with Crippen LogP contribution in [0.3, 0.4) is 0 Å². The topological polar surface area (TPSA) is 74.1 Å². The van der Waals surface area contributed by atoms with Gasteiger partial charge >= 0.3 is 0 Å². The molecular weight excluding hydrogens is 513 g/mol. The standard InChI is InChI=1S/C30H41ClFN5O.CH4/c1-3-13-37(14-4-2)24-7-5-22(6-8-24)17-23-18-25(26(31)19-34-23)28-10-9-27(32)29(36-28)35-21-30(20-33)11-15-38-16-12-30;/h9-10,18-19,22,24H,3-8,11-17,21H2,1-2H3,(H,35,36);1H4. The summed E-state index contributed by atoms with van der Waals surface area (Å²) in [6.45, 7) is 8.32. The molecule has 2 aromatic heterocycles. The van der Waals surface area contributed by atoms with Gasteiger partial charge in [-0.05, 0) is 95.0 Å². The van der Waals surface area contributed by atoms with E-state index >= 15 is 0 Å². The highest BCUT2D eigenvalue weighted by atomic mass is 35.5. The number of anilines is 1. The molecule has 8 heteroatoms. The number of pyridine rings is 2. The maximum Gasteiger partial charge on any atom is 0.165 e. The van der Waals surface area contributed by atoms with Crippen LogP contribution in [0.15, 0.2) is 24.4 Å². The molecule has 1 aliphatic carbocycles. The van der Waals surface area contributed by atoms with Gasteiger partial charge in [-0.15, -0.1) is 0 Å². The van der Waals surface area contributed by atoms with Gasteiger partial charge < -0.3 is 15.0 Å². The number of nitrogens with zero attached hydrogens (tertiary/aromatic N) is 4. The fraction of sp³-hybridized carbons (Fsp3) is 0.645. The van der Waals surface area contributed by atoms with Gasteiger partial charge in [-0.3, -0.25) is 4.98 Å². The van der Waals surface area contributed by atoms with Gasteiger partial charge in [0, 0.05) is 43.3 Å². The van der Waals surface area contributed by atoms with Crippen LogP contribution < -0.4 is 5.32 Å². The third-order valence-corrected chi connectivity index (χ3v) is 8.47. The van der Waals surface area contributed by atoms with Crippen LogP contribution in [0.2, 0.25) is 5.02 Å². The first-order valence-corrected chi connectivity index (χ1v) is 14.6. The lowest BCUT2D eigenvalue weighted by molar-refractivity contribution is 0.0455. The maximum atomic E-state index is 14.7. The molecule has 0 bridgehead atoms. The molecular formula is C31H45ClFN5O. The third-order valence-electron chi connectivity index (χ3n) is 8.17. The molecule has 0 aromatic carbocycles. The van der Waals surface area contributed by atoms with Gasteiger partial charge in [0.05, 0.1) is 22.2 Å². The summed E-state index contributed by atoms with van der Waals surface area (Å²) in [6, 6.07) is 8.18. The summed E-state index contributed by atoms with van der Waals surface area (Å²) in [5.41, 5.74) is 1.77. The summed E-state index contributed by atoms with van der Waals surface area (Å²) in [4.78, 5) is 11.9. The van der Waals surface area contributed by atoms with Gasteiger partial charge in [-0.2, -0.15) is 5.26 Å². The lowest BCUT2D eigenvalue weighted by atomic mass is 9.82. The van der Waals surface area contributed by atoms with Crippen molar-refractivity contribution in [2.75, 3.05) is 38.2 Å². The van der Waals surface area contributed by atoms with E-state index < -0.39 is 11.2 Å². The van der Waals surface area contributed by atoms with Crippen molar-refractivity contribution in [3.8, 4) is 17.3 Å². The zero-order chi connectivity index (χ0) is 27.0. The van der Waals surface area contributed by atoms with Gasteiger partial charge in [0.2, 0.25) is 0 Å². The molecule has 214 valence electrons. The molecule has 0 unspecified atom stereocenters. The predicted octanol–water partition coefficient (Wildman–Crippen LogP) is 7.53. The molecule has 2 fully saturated rings. The Morgan fingerprint density at radius 3 is 2.49 bits per heavy atom. The van der Waals surface area contributed by atoms with Crippen LogP contribution in [-0.2, 0) is 11.2 Å². The number of ether oxygens (including phenoxy) is 1. The van der Waals surface area contributed by atoms with Crippen molar-refractivity contribution in [3.63, 3.8) is 0 Å². The van der Waals surface area contributed by atoms with Gasteiger partial charge in [-0.25, -0.2) is 9.37 Å². The molecule has 1 N–H and O–H groups in total. The van der Waals surface area contributed by atoms with Gasteiger partial charge in [0.1, 0.15) is 0 Å². The van der Waals surface area contributed by atoms with E-state index in [-0.39, 0.29) is 13.2 Å². The van der Waals surface area contributed by atoms with Crippen molar-refractivity contribution >= 4 is 17.4 Å². The van der Waals surface area contributed by atoms with Crippen LogP contribution in [0.5, 0.6) is 0 Å². The normalized spacial score (nSPS) is 20.7. The van der Waals surface area contributed by atoms with Crippen LogP contribution in [0, 0.1) is 28.5 Å². The van der Waals surface area contributed by atoms with E-state index in [4.69, 9.17) is 16.3 Å². The van der Waals surface area contributed by atoms with E-state index in [0.29, 0.717) is 55.3 Å². The van der Waals surface area contributed by atoms with E-state index in [0.717, 1.165) is 17.7 Å². The Morgan fingerprint density at radius 1 is 1.15 bits per heavy atom. The summed E-state index contributed by atoms with van der Waals surface area (Å²) < 4.78 is 20.1. The molecule has 3 heterocycles. The second-order valence-electron chi connectivity index (χ2n) is 11.0. The largest absolute Gasteiger partial charge is 0.381 e. The second-order valence-corrected chi connectivity index (χ2v) is 11.4. The summed E-state index contributed by atoms with van der Waals surface area (Å²) in [6.07, 6.45) is 11.2. The average Bonchev–Trinajstić information content (AvgIpc) is 2.94. The van der Waals surface area contributed by atoms with Crippen molar-refractivity contribution in [1.29, 1.82) is 5.26 Å². The fourth-order valence-corrected chi connectivity index (χ4v) is 6.11. The first-order chi connectivity index (χ1) is 18.5. The molecule has 0 radical (unpaired) electrons. The Bertz CT molecular complexity index is 1090. The number of hydrogen-bond acceptors (Lipinski definition) is 6. The molecule has 39 heavy (non-hydrogen) atoms. The summed E-state index contributed by atoms with van der Waals surface area (Å²) in [5.74, 6) is 0.300.